The minimum Gasteiger partial charge on any atom is -0.484 e. The third-order valence-electron chi connectivity index (χ3n) is 4.30. The largest absolute Gasteiger partial charge is 0.484 e. The summed E-state index contributed by atoms with van der Waals surface area (Å²) in [6.07, 6.45) is 4.51. The Bertz CT molecular complexity index is 481. The highest BCUT2D eigenvalue weighted by Crippen LogP contribution is 2.19. The van der Waals surface area contributed by atoms with Gasteiger partial charge in [-0.25, -0.2) is 0 Å². The molecule has 0 aliphatic carbocycles. The molecule has 1 fully saturated rings. The highest BCUT2D eigenvalue weighted by atomic mass is 16.5. The molecule has 0 unspecified atom stereocenters. The number of benzene rings is 1. The van der Waals surface area contributed by atoms with E-state index in [-0.39, 0.29) is 12.5 Å². The predicted molar refractivity (Wildman–Crippen MR) is 87.2 cm³/mol. The second-order valence-electron chi connectivity index (χ2n) is 6.08. The number of aryl methyl sites for hydroxylation is 2. The van der Waals surface area contributed by atoms with Crippen molar-refractivity contribution in [3.05, 3.63) is 29.3 Å². The van der Waals surface area contributed by atoms with E-state index in [1.54, 1.807) is 0 Å². The molecular weight excluding hydrogens is 278 g/mol. The van der Waals surface area contributed by atoms with E-state index in [1.807, 2.05) is 25.1 Å². The van der Waals surface area contributed by atoms with Crippen molar-refractivity contribution in [1.82, 2.24) is 5.32 Å². The van der Waals surface area contributed by atoms with Gasteiger partial charge in [0.05, 0.1) is 0 Å². The van der Waals surface area contributed by atoms with Gasteiger partial charge in [0.1, 0.15) is 5.75 Å². The summed E-state index contributed by atoms with van der Waals surface area (Å²) >= 11 is 0. The van der Waals surface area contributed by atoms with Crippen molar-refractivity contribution in [2.45, 2.75) is 39.5 Å². The first-order valence-electron chi connectivity index (χ1n) is 8.19. The molecule has 1 N–H and O–H groups in total. The molecule has 2 rings (SSSR count). The van der Waals surface area contributed by atoms with Crippen molar-refractivity contribution >= 4 is 5.91 Å². The summed E-state index contributed by atoms with van der Waals surface area (Å²) in [5, 5.41) is 2.92. The summed E-state index contributed by atoms with van der Waals surface area (Å²) in [6.45, 7) is 6.69. The fourth-order valence-electron chi connectivity index (χ4n) is 2.66. The summed E-state index contributed by atoms with van der Waals surface area (Å²) in [7, 11) is 0. The van der Waals surface area contributed by atoms with Gasteiger partial charge in [0.15, 0.2) is 6.61 Å². The topological polar surface area (TPSA) is 47.6 Å². The minimum atomic E-state index is -0.0507. The smallest absolute Gasteiger partial charge is 0.257 e. The molecule has 0 aromatic heterocycles. The average molecular weight is 305 g/mol. The molecule has 0 bridgehead atoms. The summed E-state index contributed by atoms with van der Waals surface area (Å²) in [6, 6.07) is 5.88. The van der Waals surface area contributed by atoms with Gasteiger partial charge in [0, 0.05) is 19.8 Å². The van der Waals surface area contributed by atoms with Crippen LogP contribution in [-0.2, 0) is 9.53 Å². The SMILES string of the molecule is Cc1ccc(OCC(=O)NCCCC2CCOCC2)cc1C. The first kappa shape index (κ1) is 16.8. The van der Waals surface area contributed by atoms with Crippen LogP contribution in [0.2, 0.25) is 0 Å². The Morgan fingerprint density at radius 3 is 2.77 bits per heavy atom. The van der Waals surface area contributed by atoms with Crippen LogP contribution >= 0.6 is 0 Å². The zero-order valence-corrected chi connectivity index (χ0v) is 13.7. The van der Waals surface area contributed by atoms with Gasteiger partial charge < -0.3 is 14.8 Å². The van der Waals surface area contributed by atoms with Gasteiger partial charge in [-0.15, -0.1) is 0 Å². The van der Waals surface area contributed by atoms with Gasteiger partial charge in [0.2, 0.25) is 0 Å². The van der Waals surface area contributed by atoms with Gasteiger partial charge in [-0.3, -0.25) is 4.79 Å². The number of carbonyl (C=O) groups excluding carboxylic acids is 1. The molecule has 0 radical (unpaired) electrons. The molecular formula is C18H27NO3. The van der Waals surface area contributed by atoms with Crippen molar-refractivity contribution in [3.63, 3.8) is 0 Å². The number of hydrogen-bond donors (Lipinski definition) is 1. The predicted octanol–water partition coefficient (Wildman–Crippen LogP) is 3.01. The molecule has 1 heterocycles. The van der Waals surface area contributed by atoms with Crippen LogP contribution in [0.4, 0.5) is 0 Å². The first-order valence-corrected chi connectivity index (χ1v) is 8.19. The molecule has 1 aromatic rings. The Morgan fingerprint density at radius 1 is 1.27 bits per heavy atom. The Labute approximate surface area is 133 Å². The van der Waals surface area contributed by atoms with Crippen LogP contribution in [0.1, 0.15) is 36.8 Å². The molecule has 4 heteroatoms. The van der Waals surface area contributed by atoms with Crippen LogP contribution in [0.5, 0.6) is 5.75 Å². The third-order valence-corrected chi connectivity index (χ3v) is 4.30. The highest BCUT2D eigenvalue weighted by Gasteiger charge is 2.13. The highest BCUT2D eigenvalue weighted by molar-refractivity contribution is 5.77. The molecule has 0 saturated carbocycles. The van der Waals surface area contributed by atoms with E-state index in [1.165, 1.54) is 17.5 Å². The molecule has 1 aromatic carbocycles. The van der Waals surface area contributed by atoms with Gasteiger partial charge in [0.25, 0.3) is 5.91 Å². The van der Waals surface area contributed by atoms with E-state index < -0.39 is 0 Å². The molecule has 0 atom stereocenters. The van der Waals surface area contributed by atoms with Crippen LogP contribution in [0.15, 0.2) is 18.2 Å². The summed E-state index contributed by atoms with van der Waals surface area (Å²) < 4.78 is 10.9. The number of rotatable bonds is 7. The fourth-order valence-corrected chi connectivity index (χ4v) is 2.66. The lowest BCUT2D eigenvalue weighted by Crippen LogP contribution is -2.30. The zero-order chi connectivity index (χ0) is 15.8. The molecule has 1 aliphatic heterocycles. The Hall–Kier alpha value is -1.55. The number of hydrogen-bond acceptors (Lipinski definition) is 3. The monoisotopic (exact) mass is 305 g/mol. The van der Waals surface area contributed by atoms with E-state index >= 15 is 0 Å². The standard InChI is InChI=1S/C18H27NO3/c1-14-5-6-17(12-15(14)2)22-13-18(20)19-9-3-4-16-7-10-21-11-8-16/h5-6,12,16H,3-4,7-11,13H2,1-2H3,(H,19,20). The van der Waals surface area contributed by atoms with Gasteiger partial charge in [-0.2, -0.15) is 0 Å². The number of amides is 1. The Balaban J connectivity index is 1.58. The van der Waals surface area contributed by atoms with Gasteiger partial charge in [-0.05, 0) is 68.7 Å². The summed E-state index contributed by atoms with van der Waals surface area (Å²) in [4.78, 5) is 11.8. The van der Waals surface area contributed by atoms with E-state index in [2.05, 4.69) is 12.2 Å². The Morgan fingerprint density at radius 2 is 2.05 bits per heavy atom. The fraction of sp³-hybridized carbons (Fsp3) is 0.611. The quantitative estimate of drug-likeness (QED) is 0.788. The first-order chi connectivity index (χ1) is 10.6. The molecule has 122 valence electrons. The van der Waals surface area contributed by atoms with E-state index in [9.17, 15) is 4.79 Å². The molecule has 22 heavy (non-hydrogen) atoms. The second kappa shape index (κ2) is 8.79. The Kier molecular flexibility index (Phi) is 6.72. The van der Waals surface area contributed by atoms with Crippen molar-refractivity contribution in [2.24, 2.45) is 5.92 Å². The van der Waals surface area contributed by atoms with Crippen LogP contribution in [0.25, 0.3) is 0 Å². The van der Waals surface area contributed by atoms with Crippen LogP contribution < -0.4 is 10.1 Å². The van der Waals surface area contributed by atoms with Crippen LogP contribution in [-0.4, -0.2) is 32.3 Å². The van der Waals surface area contributed by atoms with E-state index in [0.717, 1.165) is 50.7 Å². The lowest BCUT2D eigenvalue weighted by molar-refractivity contribution is -0.123. The van der Waals surface area contributed by atoms with Gasteiger partial charge >= 0.3 is 0 Å². The van der Waals surface area contributed by atoms with E-state index in [0.29, 0.717) is 0 Å². The summed E-state index contributed by atoms with van der Waals surface area (Å²) in [5.41, 5.74) is 2.40. The van der Waals surface area contributed by atoms with Crippen molar-refractivity contribution in [2.75, 3.05) is 26.4 Å². The number of carbonyl (C=O) groups is 1. The molecule has 1 aliphatic rings. The third kappa shape index (κ3) is 5.68. The van der Waals surface area contributed by atoms with Crippen molar-refractivity contribution in [3.8, 4) is 5.75 Å². The lowest BCUT2D eigenvalue weighted by atomic mass is 9.95. The summed E-state index contributed by atoms with van der Waals surface area (Å²) in [5.74, 6) is 1.46. The molecule has 1 saturated heterocycles. The van der Waals surface area contributed by atoms with Crippen LogP contribution in [0, 0.1) is 19.8 Å². The minimum absolute atomic E-state index is 0.0507. The molecule has 0 spiro atoms. The maximum absolute atomic E-state index is 11.8. The number of ether oxygens (including phenoxy) is 2. The van der Waals surface area contributed by atoms with Crippen molar-refractivity contribution < 1.29 is 14.3 Å². The average Bonchev–Trinajstić information content (AvgIpc) is 2.54. The normalized spacial score (nSPS) is 15.5. The van der Waals surface area contributed by atoms with Crippen molar-refractivity contribution in [1.29, 1.82) is 0 Å². The van der Waals surface area contributed by atoms with E-state index in [4.69, 9.17) is 9.47 Å². The maximum Gasteiger partial charge on any atom is 0.257 e. The number of nitrogens with one attached hydrogen (secondary N) is 1. The molecule has 4 nitrogen and oxygen atoms in total. The lowest BCUT2D eigenvalue weighted by Gasteiger charge is -2.21. The molecule has 1 amide bonds. The van der Waals surface area contributed by atoms with Gasteiger partial charge in [-0.1, -0.05) is 6.07 Å². The zero-order valence-electron chi connectivity index (χ0n) is 13.7. The second-order valence-corrected chi connectivity index (χ2v) is 6.08. The van der Waals surface area contributed by atoms with Crippen LogP contribution in [0.3, 0.4) is 0 Å². The maximum atomic E-state index is 11.8.